The van der Waals surface area contributed by atoms with Crippen LogP contribution in [0.1, 0.15) is 56.3 Å². The van der Waals surface area contributed by atoms with Crippen LogP contribution < -0.4 is 10.1 Å². The van der Waals surface area contributed by atoms with Gasteiger partial charge in [0.2, 0.25) is 15.9 Å². The zero-order valence-electron chi connectivity index (χ0n) is 23.2. The number of sulfonamides is 1. The van der Waals surface area contributed by atoms with E-state index in [1.165, 1.54) is 35.6 Å². The fourth-order valence-electron chi connectivity index (χ4n) is 5.30. The first-order chi connectivity index (χ1) is 19.0. The summed E-state index contributed by atoms with van der Waals surface area (Å²) in [6.45, 7) is 3.64. The number of hydrogen-bond acceptors (Lipinski definition) is 6. The number of aliphatic hydroxyl groups excluding tert-OH is 1. The largest absolute Gasteiger partial charge is 0.486 e. The maximum atomic E-state index is 13.7. The summed E-state index contributed by atoms with van der Waals surface area (Å²) in [4.78, 5) is 28.5. The lowest BCUT2D eigenvalue weighted by molar-refractivity contribution is -0.120. The van der Waals surface area contributed by atoms with Gasteiger partial charge in [-0.2, -0.15) is 4.31 Å². The summed E-state index contributed by atoms with van der Waals surface area (Å²) in [6.07, 6.45) is 4.09. The lowest BCUT2D eigenvalue weighted by Gasteiger charge is -2.38. The molecule has 2 amide bonds. The number of nitrogens with zero attached hydrogens (tertiary/aromatic N) is 2. The van der Waals surface area contributed by atoms with Crippen LogP contribution in [0, 0.1) is 11.8 Å². The van der Waals surface area contributed by atoms with E-state index in [1.807, 2.05) is 6.92 Å². The highest BCUT2D eigenvalue weighted by molar-refractivity contribution is 7.89. The molecule has 218 valence electrons. The molecule has 0 aromatic heterocycles. The van der Waals surface area contributed by atoms with Gasteiger partial charge in [0, 0.05) is 30.5 Å². The van der Waals surface area contributed by atoms with Crippen molar-refractivity contribution in [3.63, 3.8) is 0 Å². The Balaban J connectivity index is 1.69. The molecule has 1 heterocycles. The second kappa shape index (κ2) is 12.9. The van der Waals surface area contributed by atoms with Crippen LogP contribution in [0.4, 0.5) is 5.69 Å². The average molecular weight is 592 g/mol. The molecule has 9 nitrogen and oxygen atoms in total. The molecule has 2 aromatic carbocycles. The predicted octanol–water partition coefficient (Wildman–Crippen LogP) is 4.40. The Labute approximate surface area is 241 Å². The summed E-state index contributed by atoms with van der Waals surface area (Å²) in [5.74, 6) is -0.640. The summed E-state index contributed by atoms with van der Waals surface area (Å²) in [5.41, 5.74) is 0.627. The van der Waals surface area contributed by atoms with Crippen LogP contribution in [0.25, 0.3) is 0 Å². The van der Waals surface area contributed by atoms with E-state index in [0.29, 0.717) is 10.7 Å². The number of anilines is 1. The molecule has 1 fully saturated rings. The van der Waals surface area contributed by atoms with Crippen molar-refractivity contribution in [2.45, 2.75) is 63.0 Å². The van der Waals surface area contributed by atoms with Crippen molar-refractivity contribution in [3.05, 3.63) is 53.1 Å². The van der Waals surface area contributed by atoms with Gasteiger partial charge in [0.15, 0.2) is 5.75 Å². The fraction of sp³-hybridized carbons (Fsp3) is 0.517. The Morgan fingerprint density at radius 1 is 1.18 bits per heavy atom. The highest BCUT2D eigenvalue weighted by Gasteiger charge is 2.36. The summed E-state index contributed by atoms with van der Waals surface area (Å²) in [5, 5.41) is 13.3. The van der Waals surface area contributed by atoms with E-state index in [2.05, 4.69) is 5.32 Å². The normalized spacial score (nSPS) is 21.2. The molecule has 0 saturated heterocycles. The number of carbonyl (C=O) groups excluding carboxylic acids is 2. The molecular weight excluding hydrogens is 554 g/mol. The van der Waals surface area contributed by atoms with Crippen molar-refractivity contribution < 1.29 is 27.9 Å². The van der Waals surface area contributed by atoms with E-state index >= 15 is 0 Å². The summed E-state index contributed by atoms with van der Waals surface area (Å²) in [7, 11) is -2.38. The Morgan fingerprint density at radius 2 is 1.85 bits per heavy atom. The van der Waals surface area contributed by atoms with Crippen molar-refractivity contribution in [1.82, 2.24) is 9.21 Å². The monoisotopic (exact) mass is 591 g/mol. The Kier molecular flexibility index (Phi) is 9.76. The highest BCUT2D eigenvalue weighted by atomic mass is 35.5. The maximum absolute atomic E-state index is 13.7. The van der Waals surface area contributed by atoms with E-state index in [1.54, 1.807) is 30.0 Å². The smallest absolute Gasteiger partial charge is 0.258 e. The SMILES string of the molecule is C[C@@H]1CN([C@H](C)CO)C(=O)c2cccc(NC(=O)C3CCCCC3)c2O[C@H]1CN(C)S(=O)(=O)c1ccc(Cl)cc1. The van der Waals surface area contributed by atoms with Gasteiger partial charge in [-0.15, -0.1) is 0 Å². The van der Waals surface area contributed by atoms with Crippen molar-refractivity contribution in [2.24, 2.45) is 11.8 Å². The molecule has 2 aromatic rings. The van der Waals surface area contributed by atoms with Crippen LogP contribution >= 0.6 is 11.6 Å². The van der Waals surface area contributed by atoms with Crippen molar-refractivity contribution in [2.75, 3.05) is 32.1 Å². The zero-order chi connectivity index (χ0) is 29.0. The molecule has 1 saturated carbocycles. The lowest BCUT2D eigenvalue weighted by atomic mass is 9.88. The third kappa shape index (κ3) is 6.62. The minimum absolute atomic E-state index is 0.00793. The number of para-hydroxylation sites is 1. The summed E-state index contributed by atoms with van der Waals surface area (Å²) < 4.78 is 34.4. The van der Waals surface area contributed by atoms with Crippen LogP contribution in [0.3, 0.4) is 0 Å². The summed E-state index contributed by atoms with van der Waals surface area (Å²) in [6, 6.07) is 10.5. The van der Waals surface area contributed by atoms with Gasteiger partial charge in [0.1, 0.15) is 6.10 Å². The highest BCUT2D eigenvalue weighted by Crippen LogP contribution is 2.36. The Morgan fingerprint density at radius 3 is 2.50 bits per heavy atom. The van der Waals surface area contributed by atoms with E-state index in [0.717, 1.165) is 32.1 Å². The third-order valence-corrected chi connectivity index (χ3v) is 9.97. The zero-order valence-corrected chi connectivity index (χ0v) is 24.7. The number of likely N-dealkylation sites (N-methyl/N-ethyl adjacent to an activating group) is 1. The number of fused-ring (bicyclic) bond motifs is 1. The second-order valence-corrected chi connectivity index (χ2v) is 13.3. The molecule has 0 radical (unpaired) electrons. The molecule has 1 aliphatic carbocycles. The number of hydrogen-bond donors (Lipinski definition) is 2. The van der Waals surface area contributed by atoms with Gasteiger partial charge in [-0.3, -0.25) is 9.59 Å². The van der Waals surface area contributed by atoms with Crippen LogP contribution in [-0.4, -0.2) is 73.4 Å². The first-order valence-corrected chi connectivity index (χ1v) is 15.6. The number of rotatable bonds is 8. The quantitative estimate of drug-likeness (QED) is 0.470. The second-order valence-electron chi connectivity index (χ2n) is 10.9. The minimum Gasteiger partial charge on any atom is -0.486 e. The minimum atomic E-state index is -3.86. The Bertz CT molecular complexity index is 1310. The number of carbonyl (C=O) groups is 2. The molecule has 2 aliphatic rings. The number of benzene rings is 2. The van der Waals surface area contributed by atoms with Gasteiger partial charge in [-0.25, -0.2) is 8.42 Å². The first-order valence-electron chi connectivity index (χ1n) is 13.8. The van der Waals surface area contributed by atoms with Crippen LogP contribution in [0.2, 0.25) is 5.02 Å². The topological polar surface area (TPSA) is 116 Å². The van der Waals surface area contributed by atoms with Gasteiger partial charge < -0.3 is 20.1 Å². The third-order valence-electron chi connectivity index (χ3n) is 7.88. The van der Waals surface area contributed by atoms with Gasteiger partial charge in [0.05, 0.1) is 35.3 Å². The van der Waals surface area contributed by atoms with Crippen LogP contribution in [0.5, 0.6) is 5.75 Å². The van der Waals surface area contributed by atoms with E-state index < -0.39 is 22.2 Å². The number of nitrogens with one attached hydrogen (secondary N) is 1. The maximum Gasteiger partial charge on any atom is 0.258 e. The molecule has 2 N–H and O–H groups in total. The molecule has 1 aliphatic heterocycles. The number of aliphatic hydroxyl groups is 1. The number of amides is 2. The van der Waals surface area contributed by atoms with Crippen molar-refractivity contribution >= 4 is 39.1 Å². The van der Waals surface area contributed by atoms with Crippen LogP contribution in [0.15, 0.2) is 47.4 Å². The van der Waals surface area contributed by atoms with Crippen LogP contribution in [-0.2, 0) is 14.8 Å². The molecular formula is C29H38ClN3O6S. The van der Waals surface area contributed by atoms with Gasteiger partial charge in [-0.1, -0.05) is 43.9 Å². The van der Waals surface area contributed by atoms with Gasteiger partial charge in [0.25, 0.3) is 5.91 Å². The lowest BCUT2D eigenvalue weighted by Crippen LogP contribution is -2.50. The average Bonchev–Trinajstić information content (AvgIpc) is 2.95. The Hall–Kier alpha value is -2.66. The first kappa shape index (κ1) is 30.3. The van der Waals surface area contributed by atoms with Crippen molar-refractivity contribution in [1.29, 1.82) is 0 Å². The van der Waals surface area contributed by atoms with E-state index in [9.17, 15) is 23.1 Å². The van der Waals surface area contributed by atoms with E-state index in [4.69, 9.17) is 16.3 Å². The molecule has 40 heavy (non-hydrogen) atoms. The molecule has 4 rings (SSSR count). The number of ether oxygens (including phenoxy) is 1. The summed E-state index contributed by atoms with van der Waals surface area (Å²) >= 11 is 5.95. The molecule has 0 bridgehead atoms. The van der Waals surface area contributed by atoms with Crippen molar-refractivity contribution in [3.8, 4) is 5.75 Å². The molecule has 0 spiro atoms. The molecule has 11 heteroatoms. The molecule has 3 atom stereocenters. The predicted molar refractivity (Wildman–Crippen MR) is 154 cm³/mol. The fourth-order valence-corrected chi connectivity index (χ4v) is 6.61. The standard InChI is InChI=1S/C29H38ClN3O6S/c1-19-16-33(20(2)18-34)29(36)24-10-7-11-25(31-28(35)21-8-5-4-6-9-21)27(24)39-26(19)17-32(3)40(37,38)23-14-12-22(30)13-15-23/h7,10-15,19-21,26,34H,4-6,8-9,16-18H2,1-3H3,(H,31,35)/t19-,20-,26+/m1/s1. The number of halogens is 1. The van der Waals surface area contributed by atoms with Gasteiger partial charge in [-0.05, 0) is 56.2 Å². The van der Waals surface area contributed by atoms with Gasteiger partial charge >= 0.3 is 0 Å². The molecule has 0 unspecified atom stereocenters. The van der Waals surface area contributed by atoms with E-state index in [-0.39, 0.29) is 59.6 Å².